The van der Waals surface area contributed by atoms with Gasteiger partial charge >= 0.3 is 0 Å². The Morgan fingerprint density at radius 1 is 1.28 bits per heavy atom. The third-order valence-electron chi connectivity index (χ3n) is 2.96. The fraction of sp³-hybridized carbons (Fsp3) is 0.538. The number of nitrogens with zero attached hydrogens (tertiary/aromatic N) is 1. The van der Waals surface area contributed by atoms with Gasteiger partial charge < -0.3 is 10.1 Å². The summed E-state index contributed by atoms with van der Waals surface area (Å²) in [6.07, 6.45) is 0. The van der Waals surface area contributed by atoms with E-state index in [-0.39, 0.29) is 24.8 Å². The quantitative estimate of drug-likeness (QED) is 0.918. The molecule has 1 aromatic carbocycles. The topological polar surface area (TPSA) is 24.5 Å². The standard InChI is InChI=1S/C13H20N2O.2ClH/c1-16-11-13-10-15(8-7-14-13)9-12-5-3-2-4-6-12;;/h2-6,13-14H,7-11H2,1H3;2*1H/t13-;;/m1../s1. The number of nitrogens with one attached hydrogen (secondary N) is 1. The molecular weight excluding hydrogens is 271 g/mol. The maximum absolute atomic E-state index is 5.19. The molecule has 5 heteroatoms. The van der Waals surface area contributed by atoms with Crippen molar-refractivity contribution in [3.63, 3.8) is 0 Å². The highest BCUT2D eigenvalue weighted by Crippen LogP contribution is 2.07. The number of rotatable bonds is 4. The molecule has 2 rings (SSSR count). The first-order valence-electron chi connectivity index (χ1n) is 5.87. The van der Waals surface area contributed by atoms with Gasteiger partial charge in [0.25, 0.3) is 0 Å². The molecular formula is C13H22Cl2N2O. The van der Waals surface area contributed by atoms with Crippen LogP contribution in [0.15, 0.2) is 30.3 Å². The zero-order valence-corrected chi connectivity index (χ0v) is 12.3. The molecule has 0 aromatic heterocycles. The number of piperazine rings is 1. The van der Waals surface area contributed by atoms with Crippen molar-refractivity contribution in [2.75, 3.05) is 33.4 Å². The van der Waals surface area contributed by atoms with Crippen LogP contribution in [0.25, 0.3) is 0 Å². The highest BCUT2D eigenvalue weighted by Gasteiger charge is 2.18. The maximum Gasteiger partial charge on any atom is 0.0628 e. The highest BCUT2D eigenvalue weighted by molar-refractivity contribution is 5.85. The van der Waals surface area contributed by atoms with Crippen LogP contribution in [0.4, 0.5) is 0 Å². The van der Waals surface area contributed by atoms with Crippen LogP contribution < -0.4 is 5.32 Å². The molecule has 1 aliphatic rings. The van der Waals surface area contributed by atoms with E-state index in [1.807, 2.05) is 0 Å². The van der Waals surface area contributed by atoms with E-state index in [2.05, 4.69) is 40.5 Å². The van der Waals surface area contributed by atoms with Crippen LogP contribution in [0, 0.1) is 0 Å². The highest BCUT2D eigenvalue weighted by atomic mass is 35.5. The van der Waals surface area contributed by atoms with Crippen LogP contribution in [0.3, 0.4) is 0 Å². The molecule has 1 fully saturated rings. The third kappa shape index (κ3) is 5.55. The van der Waals surface area contributed by atoms with E-state index in [1.54, 1.807) is 7.11 Å². The van der Waals surface area contributed by atoms with E-state index >= 15 is 0 Å². The molecule has 0 bridgehead atoms. The normalized spacial score (nSPS) is 19.7. The summed E-state index contributed by atoms with van der Waals surface area (Å²) in [6, 6.07) is 11.1. The Morgan fingerprint density at radius 3 is 2.67 bits per heavy atom. The average Bonchev–Trinajstić information content (AvgIpc) is 2.31. The van der Waals surface area contributed by atoms with Gasteiger partial charge in [-0.25, -0.2) is 0 Å². The van der Waals surface area contributed by atoms with E-state index in [1.165, 1.54) is 5.56 Å². The van der Waals surface area contributed by atoms with Crippen LogP contribution in [0.5, 0.6) is 0 Å². The number of methoxy groups -OCH3 is 1. The smallest absolute Gasteiger partial charge is 0.0628 e. The van der Waals surface area contributed by atoms with Gasteiger partial charge in [-0.05, 0) is 5.56 Å². The second kappa shape index (κ2) is 9.59. The molecule has 1 saturated heterocycles. The molecule has 1 aliphatic heterocycles. The Kier molecular flexibility index (Phi) is 9.42. The van der Waals surface area contributed by atoms with Gasteiger partial charge in [0.15, 0.2) is 0 Å². The average molecular weight is 293 g/mol. The molecule has 0 amide bonds. The molecule has 3 nitrogen and oxygen atoms in total. The van der Waals surface area contributed by atoms with Crippen LogP contribution in [0.2, 0.25) is 0 Å². The van der Waals surface area contributed by atoms with Gasteiger partial charge in [-0.3, -0.25) is 4.90 Å². The summed E-state index contributed by atoms with van der Waals surface area (Å²) in [4.78, 5) is 2.48. The molecule has 104 valence electrons. The minimum absolute atomic E-state index is 0. The summed E-state index contributed by atoms with van der Waals surface area (Å²) in [6.45, 7) is 5.09. The number of halogens is 2. The summed E-state index contributed by atoms with van der Waals surface area (Å²) >= 11 is 0. The van der Waals surface area contributed by atoms with Crippen molar-refractivity contribution in [2.45, 2.75) is 12.6 Å². The molecule has 1 heterocycles. The molecule has 1 N–H and O–H groups in total. The zero-order valence-electron chi connectivity index (χ0n) is 10.7. The minimum Gasteiger partial charge on any atom is -0.383 e. The number of benzene rings is 1. The van der Waals surface area contributed by atoms with Crippen molar-refractivity contribution in [3.8, 4) is 0 Å². The lowest BCUT2D eigenvalue weighted by molar-refractivity contribution is 0.112. The van der Waals surface area contributed by atoms with E-state index in [0.29, 0.717) is 6.04 Å². The molecule has 0 unspecified atom stereocenters. The molecule has 0 saturated carbocycles. The summed E-state index contributed by atoms with van der Waals surface area (Å²) < 4.78 is 5.19. The van der Waals surface area contributed by atoms with Crippen molar-refractivity contribution < 1.29 is 4.74 Å². The van der Waals surface area contributed by atoms with Gasteiger partial charge in [-0.15, -0.1) is 24.8 Å². The second-order valence-electron chi connectivity index (χ2n) is 4.33. The van der Waals surface area contributed by atoms with Crippen LogP contribution in [0.1, 0.15) is 5.56 Å². The maximum atomic E-state index is 5.19. The summed E-state index contributed by atoms with van der Waals surface area (Å²) in [7, 11) is 1.76. The molecule has 0 spiro atoms. The number of hydrogen-bond donors (Lipinski definition) is 1. The lowest BCUT2D eigenvalue weighted by Crippen LogP contribution is -2.52. The Morgan fingerprint density at radius 2 is 2.00 bits per heavy atom. The van der Waals surface area contributed by atoms with Gasteiger partial charge in [0.05, 0.1) is 6.61 Å². The van der Waals surface area contributed by atoms with Crippen molar-refractivity contribution in [1.82, 2.24) is 10.2 Å². The first-order chi connectivity index (χ1) is 7.88. The Bertz CT molecular complexity index is 309. The Balaban J connectivity index is 0.00000144. The van der Waals surface area contributed by atoms with Gasteiger partial charge in [0, 0.05) is 39.3 Å². The fourth-order valence-corrected chi connectivity index (χ4v) is 2.19. The first-order valence-corrected chi connectivity index (χ1v) is 5.87. The predicted molar refractivity (Wildman–Crippen MR) is 79.9 cm³/mol. The monoisotopic (exact) mass is 292 g/mol. The van der Waals surface area contributed by atoms with Gasteiger partial charge in [0.2, 0.25) is 0 Å². The van der Waals surface area contributed by atoms with Crippen molar-refractivity contribution in [1.29, 1.82) is 0 Å². The number of ether oxygens (including phenoxy) is 1. The minimum atomic E-state index is 0. The Labute approximate surface area is 122 Å². The lowest BCUT2D eigenvalue weighted by Gasteiger charge is -2.33. The van der Waals surface area contributed by atoms with E-state index < -0.39 is 0 Å². The van der Waals surface area contributed by atoms with Crippen LogP contribution in [-0.2, 0) is 11.3 Å². The second-order valence-corrected chi connectivity index (χ2v) is 4.33. The SMILES string of the molecule is COC[C@H]1CN(Cc2ccccc2)CCN1.Cl.Cl. The summed E-state index contributed by atoms with van der Waals surface area (Å²) in [5, 5.41) is 3.47. The molecule has 0 radical (unpaired) electrons. The van der Waals surface area contributed by atoms with Gasteiger partial charge in [-0.1, -0.05) is 30.3 Å². The molecule has 1 aromatic rings. The first kappa shape index (κ1) is 17.7. The lowest BCUT2D eigenvalue weighted by atomic mass is 10.1. The van der Waals surface area contributed by atoms with Gasteiger partial charge in [-0.2, -0.15) is 0 Å². The third-order valence-corrected chi connectivity index (χ3v) is 2.96. The fourth-order valence-electron chi connectivity index (χ4n) is 2.19. The van der Waals surface area contributed by atoms with E-state index in [0.717, 1.165) is 32.8 Å². The van der Waals surface area contributed by atoms with Crippen molar-refractivity contribution in [2.24, 2.45) is 0 Å². The van der Waals surface area contributed by atoms with Crippen molar-refractivity contribution >= 4 is 24.8 Å². The summed E-state index contributed by atoms with van der Waals surface area (Å²) in [5.41, 5.74) is 1.39. The van der Waals surface area contributed by atoms with Gasteiger partial charge in [0.1, 0.15) is 0 Å². The van der Waals surface area contributed by atoms with Crippen LogP contribution >= 0.6 is 24.8 Å². The molecule has 1 atom stereocenters. The van der Waals surface area contributed by atoms with E-state index in [4.69, 9.17) is 4.74 Å². The van der Waals surface area contributed by atoms with Crippen LogP contribution in [-0.4, -0.2) is 44.3 Å². The Hall–Kier alpha value is -0.320. The van der Waals surface area contributed by atoms with E-state index in [9.17, 15) is 0 Å². The summed E-state index contributed by atoms with van der Waals surface area (Å²) in [5.74, 6) is 0. The number of hydrogen-bond acceptors (Lipinski definition) is 3. The largest absolute Gasteiger partial charge is 0.383 e. The van der Waals surface area contributed by atoms with Crippen molar-refractivity contribution in [3.05, 3.63) is 35.9 Å². The zero-order chi connectivity index (χ0) is 11.2. The molecule has 18 heavy (non-hydrogen) atoms. The predicted octanol–water partition coefficient (Wildman–Crippen LogP) is 1.95. The molecule has 0 aliphatic carbocycles.